The number of nitrogens with two attached hydrogens (primary N) is 1. The van der Waals surface area contributed by atoms with Crippen molar-refractivity contribution in [3.63, 3.8) is 0 Å². The maximum absolute atomic E-state index is 11.8. The third-order valence-electron chi connectivity index (χ3n) is 3.72. The average molecular weight is 269 g/mol. The lowest BCUT2D eigenvalue weighted by Gasteiger charge is -2.29. The third-order valence-corrected chi connectivity index (χ3v) is 3.72. The lowest BCUT2D eigenvalue weighted by molar-refractivity contribution is -0.127. The van der Waals surface area contributed by atoms with Gasteiger partial charge in [0.25, 0.3) is 0 Å². The van der Waals surface area contributed by atoms with Crippen LogP contribution in [-0.4, -0.2) is 30.4 Å². The van der Waals surface area contributed by atoms with Crippen molar-refractivity contribution in [2.75, 3.05) is 13.1 Å². The first-order valence-electron chi connectivity index (χ1n) is 7.15. The van der Waals surface area contributed by atoms with Crippen LogP contribution in [0.25, 0.3) is 0 Å². The molecule has 0 radical (unpaired) electrons. The van der Waals surface area contributed by atoms with Crippen molar-refractivity contribution in [2.45, 2.75) is 52.0 Å². The van der Waals surface area contributed by atoms with E-state index in [9.17, 15) is 9.59 Å². The molecule has 1 aliphatic carbocycles. The lowest BCUT2D eigenvalue weighted by atomic mass is 9.96. The highest BCUT2D eigenvalue weighted by Gasteiger charge is 2.41. The molecule has 1 atom stereocenters. The van der Waals surface area contributed by atoms with Crippen molar-refractivity contribution in [3.05, 3.63) is 0 Å². The summed E-state index contributed by atoms with van der Waals surface area (Å²) in [7, 11) is 0. The van der Waals surface area contributed by atoms with E-state index in [0.717, 1.165) is 19.3 Å². The summed E-state index contributed by atoms with van der Waals surface area (Å²) >= 11 is 0. The number of hydrogen-bond donors (Lipinski definition) is 3. The van der Waals surface area contributed by atoms with Crippen molar-refractivity contribution in [3.8, 4) is 0 Å². The van der Waals surface area contributed by atoms with Gasteiger partial charge in [-0.3, -0.25) is 9.59 Å². The molecule has 0 aromatic rings. The summed E-state index contributed by atoms with van der Waals surface area (Å²) in [6.45, 7) is 6.59. The molecule has 0 bridgehead atoms. The molecule has 2 amide bonds. The van der Waals surface area contributed by atoms with Gasteiger partial charge in [-0.05, 0) is 38.0 Å². The van der Waals surface area contributed by atoms with Gasteiger partial charge in [0.1, 0.15) is 0 Å². The van der Waals surface area contributed by atoms with Crippen molar-refractivity contribution in [1.29, 1.82) is 0 Å². The van der Waals surface area contributed by atoms with Gasteiger partial charge in [-0.25, -0.2) is 0 Å². The van der Waals surface area contributed by atoms with Crippen molar-refractivity contribution < 1.29 is 9.59 Å². The Morgan fingerprint density at radius 3 is 2.42 bits per heavy atom. The van der Waals surface area contributed by atoms with E-state index in [-0.39, 0.29) is 23.9 Å². The third kappa shape index (κ3) is 5.59. The first-order valence-corrected chi connectivity index (χ1v) is 7.15. The van der Waals surface area contributed by atoms with Crippen LogP contribution in [-0.2, 0) is 9.59 Å². The summed E-state index contributed by atoms with van der Waals surface area (Å²) in [4.78, 5) is 23.3. The smallest absolute Gasteiger partial charge is 0.239 e. The van der Waals surface area contributed by atoms with Crippen LogP contribution in [0.4, 0.5) is 0 Å². The van der Waals surface area contributed by atoms with E-state index in [1.165, 1.54) is 0 Å². The van der Waals surface area contributed by atoms with E-state index >= 15 is 0 Å². The van der Waals surface area contributed by atoms with Gasteiger partial charge in [-0.2, -0.15) is 0 Å². The second-order valence-corrected chi connectivity index (χ2v) is 6.15. The van der Waals surface area contributed by atoms with E-state index < -0.39 is 0 Å². The molecule has 19 heavy (non-hydrogen) atoms. The zero-order valence-electron chi connectivity index (χ0n) is 12.3. The van der Waals surface area contributed by atoms with Gasteiger partial charge in [0.05, 0.1) is 12.1 Å². The first-order chi connectivity index (χ1) is 8.87. The van der Waals surface area contributed by atoms with Crippen LogP contribution in [0.2, 0.25) is 0 Å². The Morgan fingerprint density at radius 2 is 1.95 bits per heavy atom. The van der Waals surface area contributed by atoms with Crippen LogP contribution in [0.15, 0.2) is 0 Å². The maximum atomic E-state index is 11.8. The molecule has 0 spiro atoms. The standard InChI is InChI=1S/C14H27N3O2/c1-10(2)4-7-12(18)16-8-13(19)17-14(3,9-15)11-5-6-11/h10-11H,4-9,15H2,1-3H3,(H,16,18)(H,17,19). The number of carbonyl (C=O) groups is 2. The Balaban J connectivity index is 2.25. The molecule has 1 aliphatic rings. The minimum absolute atomic E-state index is 0.0409. The Morgan fingerprint density at radius 1 is 1.32 bits per heavy atom. The molecule has 1 saturated carbocycles. The summed E-state index contributed by atoms with van der Waals surface area (Å²) in [5.41, 5.74) is 5.41. The Labute approximate surface area is 115 Å². The van der Waals surface area contributed by atoms with Gasteiger partial charge in [0, 0.05) is 13.0 Å². The maximum Gasteiger partial charge on any atom is 0.239 e. The van der Waals surface area contributed by atoms with E-state index in [0.29, 0.717) is 24.8 Å². The van der Waals surface area contributed by atoms with E-state index in [2.05, 4.69) is 24.5 Å². The molecule has 5 nitrogen and oxygen atoms in total. The molecule has 0 aromatic carbocycles. The highest BCUT2D eigenvalue weighted by molar-refractivity contribution is 5.85. The van der Waals surface area contributed by atoms with Gasteiger partial charge in [-0.1, -0.05) is 13.8 Å². The summed E-state index contributed by atoms with van der Waals surface area (Å²) in [6, 6.07) is 0. The molecule has 4 N–H and O–H groups in total. The Hall–Kier alpha value is -1.10. The van der Waals surface area contributed by atoms with Crippen LogP contribution in [0.1, 0.15) is 46.5 Å². The monoisotopic (exact) mass is 269 g/mol. The molecule has 0 aromatic heterocycles. The number of hydrogen-bond acceptors (Lipinski definition) is 3. The zero-order chi connectivity index (χ0) is 14.5. The molecule has 5 heteroatoms. The van der Waals surface area contributed by atoms with E-state index in [4.69, 9.17) is 5.73 Å². The quantitative estimate of drug-likeness (QED) is 0.609. The lowest BCUT2D eigenvalue weighted by Crippen LogP contribution is -2.55. The summed E-state index contributed by atoms with van der Waals surface area (Å²) < 4.78 is 0. The van der Waals surface area contributed by atoms with Gasteiger partial charge >= 0.3 is 0 Å². The Kier molecular flexibility index (Phi) is 5.79. The largest absolute Gasteiger partial charge is 0.348 e. The molecule has 0 saturated heterocycles. The summed E-state index contributed by atoms with van der Waals surface area (Å²) in [5.74, 6) is 0.760. The van der Waals surface area contributed by atoms with Gasteiger partial charge in [0.2, 0.25) is 11.8 Å². The van der Waals surface area contributed by atoms with E-state index in [1.807, 2.05) is 6.92 Å². The van der Waals surface area contributed by atoms with Crippen molar-refractivity contribution in [1.82, 2.24) is 10.6 Å². The number of rotatable bonds is 8. The number of carbonyl (C=O) groups excluding carboxylic acids is 2. The predicted molar refractivity (Wildman–Crippen MR) is 75.4 cm³/mol. The van der Waals surface area contributed by atoms with Crippen molar-refractivity contribution in [2.24, 2.45) is 17.6 Å². The average Bonchev–Trinajstić information content (AvgIpc) is 3.18. The van der Waals surface area contributed by atoms with Gasteiger partial charge in [-0.15, -0.1) is 0 Å². The Bertz CT molecular complexity index is 327. The predicted octanol–water partition coefficient (Wildman–Crippen LogP) is 0.782. The fourth-order valence-electron chi connectivity index (χ4n) is 2.09. The second-order valence-electron chi connectivity index (χ2n) is 6.15. The minimum Gasteiger partial charge on any atom is -0.348 e. The number of nitrogens with one attached hydrogen (secondary N) is 2. The van der Waals surface area contributed by atoms with Gasteiger partial charge < -0.3 is 16.4 Å². The number of amides is 2. The molecule has 1 rings (SSSR count). The fraction of sp³-hybridized carbons (Fsp3) is 0.857. The minimum atomic E-state index is -0.320. The fourth-order valence-corrected chi connectivity index (χ4v) is 2.09. The van der Waals surface area contributed by atoms with Crippen molar-refractivity contribution >= 4 is 11.8 Å². The van der Waals surface area contributed by atoms with E-state index in [1.54, 1.807) is 0 Å². The van der Waals surface area contributed by atoms with Gasteiger partial charge in [0.15, 0.2) is 0 Å². The van der Waals surface area contributed by atoms with Crippen LogP contribution in [0.3, 0.4) is 0 Å². The molecule has 110 valence electrons. The SMILES string of the molecule is CC(C)CCC(=O)NCC(=O)NC(C)(CN)C1CC1. The van der Waals surface area contributed by atoms with Crippen LogP contribution in [0.5, 0.6) is 0 Å². The highest BCUT2D eigenvalue weighted by atomic mass is 16.2. The van der Waals surface area contributed by atoms with Crippen LogP contribution < -0.4 is 16.4 Å². The summed E-state index contributed by atoms with van der Waals surface area (Å²) in [6.07, 6.45) is 3.56. The first kappa shape index (κ1) is 16.0. The second kappa shape index (κ2) is 6.89. The molecule has 1 fully saturated rings. The topological polar surface area (TPSA) is 84.2 Å². The van der Waals surface area contributed by atoms with Crippen LogP contribution >= 0.6 is 0 Å². The molecule has 0 heterocycles. The highest BCUT2D eigenvalue weighted by Crippen LogP contribution is 2.38. The normalized spacial score (nSPS) is 17.9. The molecule has 0 aliphatic heterocycles. The van der Waals surface area contributed by atoms with Crippen LogP contribution in [0, 0.1) is 11.8 Å². The molecular weight excluding hydrogens is 242 g/mol. The summed E-state index contributed by atoms with van der Waals surface area (Å²) in [5, 5.41) is 5.60. The molecule has 1 unspecified atom stereocenters. The zero-order valence-corrected chi connectivity index (χ0v) is 12.3. The molecular formula is C14H27N3O2.